The van der Waals surface area contributed by atoms with Crippen molar-refractivity contribution in [1.29, 1.82) is 0 Å². The first-order valence-corrected chi connectivity index (χ1v) is 9.98. The summed E-state index contributed by atoms with van der Waals surface area (Å²) in [5, 5.41) is 2.93. The summed E-state index contributed by atoms with van der Waals surface area (Å²) in [5.74, 6) is 1.02. The van der Waals surface area contributed by atoms with Crippen LogP contribution in [0, 0.1) is 0 Å². The Kier molecular flexibility index (Phi) is 7.46. The zero-order chi connectivity index (χ0) is 19.8. The van der Waals surface area contributed by atoms with Gasteiger partial charge in [0, 0.05) is 26.2 Å². The highest BCUT2D eigenvalue weighted by atomic mass is 16.5. The summed E-state index contributed by atoms with van der Waals surface area (Å²) in [7, 11) is 0. The fourth-order valence-electron chi connectivity index (χ4n) is 3.26. The average molecular weight is 383 g/mol. The van der Waals surface area contributed by atoms with E-state index in [1.165, 1.54) is 5.56 Å². The van der Waals surface area contributed by atoms with Crippen molar-refractivity contribution in [3.05, 3.63) is 65.2 Å². The summed E-state index contributed by atoms with van der Waals surface area (Å²) in [6, 6.07) is 16.3. The minimum absolute atomic E-state index is 0.0266. The van der Waals surface area contributed by atoms with E-state index >= 15 is 0 Å². The molecule has 1 N–H and O–H groups in total. The minimum atomic E-state index is -0.115. The van der Waals surface area contributed by atoms with Crippen LogP contribution in [0.25, 0.3) is 0 Å². The van der Waals surface area contributed by atoms with Crippen LogP contribution in [0.15, 0.2) is 48.5 Å². The molecule has 1 aliphatic heterocycles. The Balaban J connectivity index is 1.43. The molecule has 1 aliphatic rings. The first-order valence-electron chi connectivity index (χ1n) is 9.98. The van der Waals surface area contributed by atoms with Gasteiger partial charge in [-0.25, -0.2) is 0 Å². The number of carbonyl (C=O) groups excluding carboxylic acids is 1. The molecule has 0 spiro atoms. The number of ether oxygens (including phenoxy) is 2. The number of hydrogen-bond acceptors (Lipinski definition) is 4. The molecule has 1 heterocycles. The number of benzene rings is 2. The molecule has 5 nitrogen and oxygen atoms in total. The van der Waals surface area contributed by atoms with Crippen molar-refractivity contribution in [1.82, 2.24) is 10.2 Å². The molecule has 1 amide bonds. The molecule has 28 heavy (non-hydrogen) atoms. The number of hydrogen-bond donors (Lipinski definition) is 1. The van der Waals surface area contributed by atoms with E-state index in [0.717, 1.165) is 49.7 Å². The number of nitrogens with zero attached hydrogens (tertiary/aromatic N) is 1. The lowest BCUT2D eigenvalue weighted by molar-refractivity contribution is -0.123. The highest BCUT2D eigenvalue weighted by molar-refractivity contribution is 5.77. The molecule has 0 unspecified atom stereocenters. The van der Waals surface area contributed by atoms with Crippen molar-refractivity contribution in [2.24, 2.45) is 0 Å². The largest absolute Gasteiger partial charge is 0.483 e. The van der Waals surface area contributed by atoms with Crippen LogP contribution >= 0.6 is 0 Å². The van der Waals surface area contributed by atoms with Crippen molar-refractivity contribution >= 4 is 5.91 Å². The molecule has 0 saturated carbocycles. The van der Waals surface area contributed by atoms with Gasteiger partial charge in [-0.15, -0.1) is 0 Å². The van der Waals surface area contributed by atoms with Gasteiger partial charge in [0.1, 0.15) is 5.75 Å². The minimum Gasteiger partial charge on any atom is -0.483 e. The smallest absolute Gasteiger partial charge is 0.258 e. The van der Waals surface area contributed by atoms with Gasteiger partial charge in [0.25, 0.3) is 5.91 Å². The lowest BCUT2D eigenvalue weighted by atomic mass is 10.0. The molecule has 0 atom stereocenters. The van der Waals surface area contributed by atoms with Crippen LogP contribution < -0.4 is 10.1 Å². The molecular formula is C23H30N2O3. The van der Waals surface area contributed by atoms with Crippen LogP contribution in [0.3, 0.4) is 0 Å². The number of carbonyl (C=O) groups is 1. The van der Waals surface area contributed by atoms with Gasteiger partial charge in [-0.3, -0.25) is 9.69 Å². The highest BCUT2D eigenvalue weighted by Crippen LogP contribution is 2.25. The average Bonchev–Trinajstić information content (AvgIpc) is 2.72. The molecule has 0 aliphatic carbocycles. The zero-order valence-electron chi connectivity index (χ0n) is 16.8. The second-order valence-electron chi connectivity index (χ2n) is 7.46. The van der Waals surface area contributed by atoms with Crippen molar-refractivity contribution < 1.29 is 14.3 Å². The van der Waals surface area contributed by atoms with Gasteiger partial charge < -0.3 is 14.8 Å². The Morgan fingerprint density at radius 3 is 2.46 bits per heavy atom. The van der Waals surface area contributed by atoms with E-state index < -0.39 is 0 Å². The third-order valence-electron chi connectivity index (χ3n) is 4.92. The Labute approximate surface area is 167 Å². The summed E-state index contributed by atoms with van der Waals surface area (Å²) < 4.78 is 11.1. The van der Waals surface area contributed by atoms with E-state index in [9.17, 15) is 4.79 Å². The second-order valence-corrected chi connectivity index (χ2v) is 7.46. The van der Waals surface area contributed by atoms with Gasteiger partial charge in [0.15, 0.2) is 6.61 Å². The standard InChI is InChI=1S/C23H30N2O3/c1-18(2)21-5-3-4-6-22(21)28-17-23(26)24-15-19-7-9-20(10-8-19)16-25-11-13-27-14-12-25/h3-10,18H,11-17H2,1-2H3,(H,24,26). The molecule has 3 rings (SSSR count). The molecule has 2 aromatic carbocycles. The lowest BCUT2D eigenvalue weighted by Gasteiger charge is -2.26. The number of rotatable bonds is 8. The SMILES string of the molecule is CC(C)c1ccccc1OCC(=O)NCc1ccc(CN2CCOCC2)cc1. The van der Waals surface area contributed by atoms with Crippen molar-refractivity contribution in [3.63, 3.8) is 0 Å². The van der Waals surface area contributed by atoms with E-state index in [-0.39, 0.29) is 12.5 Å². The van der Waals surface area contributed by atoms with Crippen molar-refractivity contribution in [2.45, 2.75) is 32.9 Å². The second kappa shape index (κ2) is 10.2. The molecule has 1 fully saturated rings. The number of para-hydroxylation sites is 1. The fraction of sp³-hybridized carbons (Fsp3) is 0.435. The van der Waals surface area contributed by atoms with Gasteiger partial charge in [0.05, 0.1) is 13.2 Å². The van der Waals surface area contributed by atoms with Crippen LogP contribution in [0.4, 0.5) is 0 Å². The summed E-state index contributed by atoms with van der Waals surface area (Å²) >= 11 is 0. The zero-order valence-corrected chi connectivity index (χ0v) is 16.8. The molecule has 0 aromatic heterocycles. The van der Waals surface area contributed by atoms with E-state index in [1.54, 1.807) is 0 Å². The molecule has 2 aromatic rings. The van der Waals surface area contributed by atoms with Gasteiger partial charge in [-0.05, 0) is 28.7 Å². The fourth-order valence-corrected chi connectivity index (χ4v) is 3.26. The Bertz CT molecular complexity index is 753. The van der Waals surface area contributed by atoms with Gasteiger partial charge >= 0.3 is 0 Å². The maximum atomic E-state index is 12.1. The number of amides is 1. The molecule has 1 saturated heterocycles. The number of morpholine rings is 1. The maximum absolute atomic E-state index is 12.1. The third-order valence-corrected chi connectivity index (χ3v) is 4.92. The molecule has 150 valence electrons. The van der Waals surface area contributed by atoms with Crippen LogP contribution in [-0.4, -0.2) is 43.7 Å². The predicted octanol–water partition coefficient (Wildman–Crippen LogP) is 3.34. The summed E-state index contributed by atoms with van der Waals surface area (Å²) in [4.78, 5) is 14.5. The molecule has 0 bridgehead atoms. The normalized spacial score (nSPS) is 14.8. The van der Waals surface area contributed by atoms with Gasteiger partial charge in [-0.2, -0.15) is 0 Å². The predicted molar refractivity (Wildman–Crippen MR) is 110 cm³/mol. The lowest BCUT2D eigenvalue weighted by Crippen LogP contribution is -2.35. The molecular weight excluding hydrogens is 352 g/mol. The summed E-state index contributed by atoms with van der Waals surface area (Å²) in [5.41, 5.74) is 3.48. The maximum Gasteiger partial charge on any atom is 0.258 e. The summed E-state index contributed by atoms with van der Waals surface area (Å²) in [6.07, 6.45) is 0. The first kappa shape index (κ1) is 20.4. The van der Waals surface area contributed by atoms with Gasteiger partial charge in [-0.1, -0.05) is 56.3 Å². The van der Waals surface area contributed by atoms with E-state index in [1.807, 2.05) is 24.3 Å². The van der Waals surface area contributed by atoms with E-state index in [0.29, 0.717) is 12.5 Å². The Morgan fingerprint density at radius 1 is 1.07 bits per heavy atom. The highest BCUT2D eigenvalue weighted by Gasteiger charge is 2.11. The Morgan fingerprint density at radius 2 is 1.75 bits per heavy atom. The van der Waals surface area contributed by atoms with Crippen molar-refractivity contribution in [3.8, 4) is 5.75 Å². The third kappa shape index (κ3) is 6.08. The van der Waals surface area contributed by atoms with Crippen LogP contribution in [0.1, 0.15) is 36.5 Å². The van der Waals surface area contributed by atoms with Crippen LogP contribution in [-0.2, 0) is 22.6 Å². The first-order chi connectivity index (χ1) is 13.6. The quantitative estimate of drug-likeness (QED) is 0.761. The van der Waals surface area contributed by atoms with E-state index in [4.69, 9.17) is 9.47 Å². The molecule has 5 heteroatoms. The monoisotopic (exact) mass is 382 g/mol. The van der Waals surface area contributed by atoms with Crippen LogP contribution in [0.2, 0.25) is 0 Å². The van der Waals surface area contributed by atoms with Gasteiger partial charge in [0.2, 0.25) is 0 Å². The van der Waals surface area contributed by atoms with Crippen molar-refractivity contribution in [2.75, 3.05) is 32.9 Å². The topological polar surface area (TPSA) is 50.8 Å². The van der Waals surface area contributed by atoms with Crippen LogP contribution in [0.5, 0.6) is 5.75 Å². The molecule has 0 radical (unpaired) electrons. The summed E-state index contributed by atoms with van der Waals surface area (Å²) in [6.45, 7) is 9.30. The Hall–Kier alpha value is -2.37. The number of nitrogens with one attached hydrogen (secondary N) is 1. The van der Waals surface area contributed by atoms with E-state index in [2.05, 4.69) is 48.3 Å².